The van der Waals surface area contributed by atoms with Crippen molar-refractivity contribution in [1.29, 1.82) is 0 Å². The summed E-state index contributed by atoms with van der Waals surface area (Å²) in [5.74, 6) is 2.51. The van der Waals surface area contributed by atoms with Gasteiger partial charge >= 0.3 is 0 Å². The van der Waals surface area contributed by atoms with Gasteiger partial charge in [0, 0.05) is 17.7 Å². The van der Waals surface area contributed by atoms with Crippen molar-refractivity contribution >= 4 is 39.0 Å². The third-order valence-electron chi connectivity index (χ3n) is 10.9. The predicted molar refractivity (Wildman–Crippen MR) is 149 cm³/mol. The maximum Gasteiger partial charge on any atom is 0.220 e. The van der Waals surface area contributed by atoms with Crippen molar-refractivity contribution in [1.82, 2.24) is 5.32 Å². The van der Waals surface area contributed by atoms with E-state index in [1.165, 1.54) is 16.9 Å². The highest BCUT2D eigenvalue weighted by Gasteiger charge is 2.61. The molecule has 198 valence electrons. The van der Waals surface area contributed by atoms with E-state index in [2.05, 4.69) is 61.1 Å². The van der Waals surface area contributed by atoms with Gasteiger partial charge in [0.15, 0.2) is 5.78 Å². The van der Waals surface area contributed by atoms with E-state index in [1.54, 1.807) is 11.3 Å². The van der Waals surface area contributed by atoms with Crippen molar-refractivity contribution in [3.8, 4) is 0 Å². The van der Waals surface area contributed by atoms with E-state index >= 15 is 0 Å². The highest BCUT2D eigenvalue weighted by Crippen LogP contribution is 2.67. The van der Waals surface area contributed by atoms with Crippen molar-refractivity contribution in [3.05, 3.63) is 32.4 Å². The zero-order chi connectivity index (χ0) is 25.8. The van der Waals surface area contributed by atoms with Gasteiger partial charge in [0.1, 0.15) is 0 Å². The number of carbonyl (C=O) groups excluding carboxylic acids is 2. The molecule has 4 nitrogen and oxygen atoms in total. The maximum atomic E-state index is 13.1. The van der Waals surface area contributed by atoms with Gasteiger partial charge in [0.05, 0.1) is 15.9 Å². The highest BCUT2D eigenvalue weighted by molar-refractivity contribution is 9.11. The van der Waals surface area contributed by atoms with E-state index in [-0.39, 0.29) is 34.7 Å². The van der Waals surface area contributed by atoms with Gasteiger partial charge in [-0.25, -0.2) is 0 Å². The molecule has 4 aliphatic carbocycles. The smallest absolute Gasteiger partial charge is 0.220 e. The lowest BCUT2D eigenvalue weighted by Gasteiger charge is -2.59. The lowest BCUT2D eigenvalue weighted by Crippen LogP contribution is -2.55. The largest absolute Gasteiger partial charge is 0.392 e. The Labute approximate surface area is 228 Å². The molecule has 1 aromatic rings. The molecule has 0 unspecified atom stereocenters. The Morgan fingerprint density at radius 3 is 2.69 bits per heavy atom. The van der Waals surface area contributed by atoms with E-state index in [1.807, 2.05) is 6.08 Å². The Balaban J connectivity index is 1.29. The van der Waals surface area contributed by atoms with Gasteiger partial charge in [0.2, 0.25) is 5.91 Å². The van der Waals surface area contributed by atoms with Crippen molar-refractivity contribution in [2.24, 2.45) is 40.4 Å². The molecule has 2 N–H and O–H groups in total. The van der Waals surface area contributed by atoms with Crippen molar-refractivity contribution in [3.63, 3.8) is 0 Å². The number of carbonyl (C=O) groups is 2. The summed E-state index contributed by atoms with van der Waals surface area (Å²) in [7, 11) is 0. The molecule has 1 aromatic heterocycles. The zero-order valence-electron chi connectivity index (χ0n) is 22.2. The molecule has 3 saturated carbocycles. The van der Waals surface area contributed by atoms with E-state index in [0.717, 1.165) is 35.9 Å². The SMILES string of the molecule is CC[C@@H](NC(=O)C[C@@H](C)[C@H]1CC[C@H]2[C@@H]3[C@H](O)CC4=CC(=O)CC[C@]4(C)[C@H]3CC[C@]12C)c1ccc(Br)s1. The Kier molecular flexibility index (Phi) is 7.37. The molecule has 0 bridgehead atoms. The van der Waals surface area contributed by atoms with Crippen LogP contribution < -0.4 is 5.32 Å². The fourth-order valence-corrected chi connectivity index (χ4v) is 10.6. The number of amides is 1. The number of aliphatic hydroxyl groups is 1. The molecule has 0 aromatic carbocycles. The molecule has 1 amide bonds. The molecule has 0 aliphatic heterocycles. The van der Waals surface area contributed by atoms with Crippen molar-refractivity contribution in [2.75, 3.05) is 0 Å². The second-order valence-electron chi connectivity index (χ2n) is 12.7. The van der Waals surface area contributed by atoms with Crippen LogP contribution in [0.5, 0.6) is 0 Å². The molecule has 6 heteroatoms. The number of rotatable bonds is 6. The van der Waals surface area contributed by atoms with E-state index in [4.69, 9.17) is 0 Å². The van der Waals surface area contributed by atoms with Crippen LogP contribution in [-0.2, 0) is 9.59 Å². The molecule has 36 heavy (non-hydrogen) atoms. The van der Waals surface area contributed by atoms with E-state index in [0.29, 0.717) is 48.9 Å². The van der Waals surface area contributed by atoms with Gasteiger partial charge < -0.3 is 10.4 Å². The fraction of sp³-hybridized carbons (Fsp3) is 0.733. The normalized spacial score (nSPS) is 39.4. The lowest BCUT2D eigenvalue weighted by molar-refractivity contribution is -0.128. The molecular formula is C30H42BrNO3S. The summed E-state index contributed by atoms with van der Waals surface area (Å²) in [6.07, 6.45) is 9.82. The molecule has 0 spiro atoms. The van der Waals surface area contributed by atoms with Gasteiger partial charge in [-0.1, -0.05) is 33.3 Å². The monoisotopic (exact) mass is 575 g/mol. The molecule has 5 rings (SSSR count). The lowest BCUT2D eigenvalue weighted by atomic mass is 9.45. The number of halogens is 1. The van der Waals surface area contributed by atoms with Crippen LogP contribution in [0.2, 0.25) is 0 Å². The first kappa shape index (κ1) is 26.6. The molecule has 0 radical (unpaired) electrons. The van der Waals surface area contributed by atoms with E-state index < -0.39 is 0 Å². The fourth-order valence-electron chi connectivity index (χ4n) is 9.08. The van der Waals surface area contributed by atoms with Crippen LogP contribution in [0, 0.1) is 40.4 Å². The standard InChI is InChI=1S/C30H42BrNO3S/c1-5-23(25-8-9-26(31)36-25)32-27(35)14-17(2)20-6-7-21-28-22(11-13-30(20,21)4)29(3)12-10-19(33)15-18(29)16-24(28)34/h8-9,15,17,20-24,28,34H,5-7,10-14,16H2,1-4H3,(H,32,35)/t17-,20-,21+,22+,23-,24-,28+,29+,30-/m1/s1. The minimum atomic E-state index is -0.349. The predicted octanol–water partition coefficient (Wildman–Crippen LogP) is 7.22. The van der Waals surface area contributed by atoms with Crippen LogP contribution in [0.1, 0.15) is 96.4 Å². The Hall–Kier alpha value is -0.980. The number of hydrogen-bond acceptors (Lipinski definition) is 4. The quantitative estimate of drug-likeness (QED) is 0.376. The first-order valence-corrected chi connectivity index (χ1v) is 15.6. The van der Waals surface area contributed by atoms with Crippen LogP contribution in [-0.4, -0.2) is 22.9 Å². The summed E-state index contributed by atoms with van der Waals surface area (Å²) in [6.45, 7) is 9.23. The third-order valence-corrected chi connectivity index (χ3v) is 12.7. The summed E-state index contributed by atoms with van der Waals surface area (Å²) >= 11 is 5.24. The number of ketones is 1. The minimum absolute atomic E-state index is 0.0642. The first-order chi connectivity index (χ1) is 17.1. The average molecular weight is 577 g/mol. The Morgan fingerprint density at radius 1 is 1.22 bits per heavy atom. The highest BCUT2D eigenvalue weighted by atomic mass is 79.9. The molecule has 1 heterocycles. The van der Waals surface area contributed by atoms with Crippen molar-refractivity contribution in [2.45, 2.75) is 97.6 Å². The van der Waals surface area contributed by atoms with Crippen LogP contribution in [0.4, 0.5) is 0 Å². The Morgan fingerprint density at radius 2 is 2.00 bits per heavy atom. The first-order valence-electron chi connectivity index (χ1n) is 14.0. The third kappa shape index (κ3) is 4.47. The van der Waals surface area contributed by atoms with Crippen LogP contribution in [0.25, 0.3) is 0 Å². The number of hydrogen-bond donors (Lipinski definition) is 2. The van der Waals surface area contributed by atoms with Crippen molar-refractivity contribution < 1.29 is 14.7 Å². The summed E-state index contributed by atoms with van der Waals surface area (Å²) in [5.41, 5.74) is 1.44. The molecular weight excluding hydrogens is 534 g/mol. The van der Waals surface area contributed by atoms with Gasteiger partial charge in [-0.3, -0.25) is 9.59 Å². The molecule has 0 saturated heterocycles. The second-order valence-corrected chi connectivity index (χ2v) is 15.2. The maximum absolute atomic E-state index is 13.1. The number of aliphatic hydroxyl groups excluding tert-OH is 1. The summed E-state index contributed by atoms with van der Waals surface area (Å²) in [4.78, 5) is 26.5. The van der Waals surface area contributed by atoms with Crippen LogP contribution in [0.3, 0.4) is 0 Å². The van der Waals surface area contributed by atoms with Gasteiger partial charge in [-0.2, -0.15) is 0 Å². The van der Waals surface area contributed by atoms with E-state index in [9.17, 15) is 14.7 Å². The minimum Gasteiger partial charge on any atom is -0.392 e. The van der Waals surface area contributed by atoms with Crippen LogP contribution >= 0.6 is 27.3 Å². The molecule has 3 fully saturated rings. The topological polar surface area (TPSA) is 66.4 Å². The average Bonchev–Trinajstić information content (AvgIpc) is 3.41. The zero-order valence-corrected chi connectivity index (χ0v) is 24.6. The Bertz CT molecular complexity index is 1050. The second kappa shape index (κ2) is 9.96. The van der Waals surface area contributed by atoms with Gasteiger partial charge in [-0.05, 0) is 120 Å². The number of nitrogens with one attached hydrogen (secondary N) is 1. The molecule has 9 atom stereocenters. The molecule has 4 aliphatic rings. The number of thiophene rings is 1. The summed E-state index contributed by atoms with van der Waals surface area (Å²) in [5, 5.41) is 14.7. The van der Waals surface area contributed by atoms with Gasteiger partial charge in [0.25, 0.3) is 0 Å². The summed E-state index contributed by atoms with van der Waals surface area (Å²) < 4.78 is 1.10. The van der Waals surface area contributed by atoms with Gasteiger partial charge in [-0.15, -0.1) is 11.3 Å². The number of fused-ring (bicyclic) bond motifs is 5. The van der Waals surface area contributed by atoms with Crippen LogP contribution in [0.15, 0.2) is 27.6 Å². The summed E-state index contributed by atoms with van der Waals surface area (Å²) in [6, 6.07) is 4.23.